The molecule has 0 aromatic heterocycles. The Morgan fingerprint density at radius 2 is 1.71 bits per heavy atom. The first-order valence-electron chi connectivity index (χ1n) is 8.61. The predicted molar refractivity (Wildman–Crippen MR) is 95.6 cm³/mol. The summed E-state index contributed by atoms with van der Waals surface area (Å²) in [5.41, 5.74) is 0.597. The van der Waals surface area contributed by atoms with Gasteiger partial charge in [-0.1, -0.05) is 12.1 Å². The van der Waals surface area contributed by atoms with Gasteiger partial charge in [-0.25, -0.2) is 8.42 Å². The van der Waals surface area contributed by atoms with E-state index in [9.17, 15) is 39.6 Å². The zero-order valence-electron chi connectivity index (χ0n) is 15.4. The standard InChI is InChI=1S/C18H14F6N2O4S/c19-17(20,21)16(27)26-7-6-11-4-5-15(8-12(11)10-26)31(28,29)25-13-2-1-3-14(9-13)30-18(22,23)24/h1-5,8-9,25H,6-7,10H2. The number of benzene rings is 2. The van der Waals surface area contributed by atoms with Gasteiger partial charge >= 0.3 is 18.4 Å². The first-order chi connectivity index (χ1) is 14.2. The van der Waals surface area contributed by atoms with Crippen molar-refractivity contribution in [3.63, 3.8) is 0 Å². The Bertz CT molecular complexity index is 1100. The highest BCUT2D eigenvalue weighted by Crippen LogP contribution is 2.29. The van der Waals surface area contributed by atoms with Crippen LogP contribution in [-0.2, 0) is 27.8 Å². The molecule has 0 atom stereocenters. The maximum absolute atomic E-state index is 12.7. The van der Waals surface area contributed by atoms with Crippen LogP contribution in [0.2, 0.25) is 0 Å². The second kappa shape index (κ2) is 7.94. The van der Waals surface area contributed by atoms with Crippen molar-refractivity contribution in [2.24, 2.45) is 0 Å². The fourth-order valence-corrected chi connectivity index (χ4v) is 4.12. The van der Waals surface area contributed by atoms with Crippen LogP contribution in [-0.4, -0.2) is 38.3 Å². The Hall–Kier alpha value is -2.96. The highest BCUT2D eigenvalue weighted by Gasteiger charge is 2.43. The van der Waals surface area contributed by atoms with E-state index in [1.165, 1.54) is 18.2 Å². The molecule has 0 unspecified atom stereocenters. The summed E-state index contributed by atoms with van der Waals surface area (Å²) >= 11 is 0. The molecule has 1 amide bonds. The third-order valence-corrected chi connectivity index (χ3v) is 5.73. The lowest BCUT2D eigenvalue weighted by Gasteiger charge is -2.29. The average molecular weight is 468 g/mol. The van der Waals surface area contributed by atoms with Crippen LogP contribution in [0.15, 0.2) is 47.4 Å². The summed E-state index contributed by atoms with van der Waals surface area (Å²) in [6, 6.07) is 7.92. The fraction of sp³-hybridized carbons (Fsp3) is 0.278. The number of nitrogens with one attached hydrogen (secondary N) is 1. The Balaban J connectivity index is 1.82. The van der Waals surface area contributed by atoms with Gasteiger partial charge in [0.25, 0.3) is 10.0 Å². The number of sulfonamides is 1. The van der Waals surface area contributed by atoms with Crippen molar-refractivity contribution in [1.82, 2.24) is 4.90 Å². The lowest BCUT2D eigenvalue weighted by molar-refractivity contribution is -0.274. The van der Waals surface area contributed by atoms with Gasteiger partial charge in [-0.05, 0) is 41.8 Å². The van der Waals surface area contributed by atoms with Crippen molar-refractivity contribution in [3.8, 4) is 5.75 Å². The third-order valence-electron chi connectivity index (χ3n) is 4.35. The lowest BCUT2D eigenvalue weighted by atomic mass is 10.00. The van der Waals surface area contributed by atoms with Gasteiger partial charge in [0, 0.05) is 19.2 Å². The van der Waals surface area contributed by atoms with Crippen LogP contribution in [0.1, 0.15) is 11.1 Å². The van der Waals surface area contributed by atoms with Crippen LogP contribution in [0.25, 0.3) is 0 Å². The number of ether oxygens (including phenoxy) is 1. The first-order valence-corrected chi connectivity index (χ1v) is 10.1. The quantitative estimate of drug-likeness (QED) is 0.693. The molecule has 6 nitrogen and oxygen atoms in total. The number of amides is 1. The van der Waals surface area contributed by atoms with Crippen LogP contribution in [0.4, 0.5) is 32.0 Å². The number of hydrogen-bond donors (Lipinski definition) is 1. The van der Waals surface area contributed by atoms with Gasteiger partial charge in [-0.3, -0.25) is 9.52 Å². The molecule has 0 saturated carbocycles. The summed E-state index contributed by atoms with van der Waals surface area (Å²) in [6.45, 7) is -0.590. The van der Waals surface area contributed by atoms with Gasteiger partial charge in [0.2, 0.25) is 0 Å². The molecule has 13 heteroatoms. The molecule has 31 heavy (non-hydrogen) atoms. The number of carbonyl (C=O) groups excluding carboxylic acids is 1. The summed E-state index contributed by atoms with van der Waals surface area (Å²) in [5, 5.41) is 0. The van der Waals surface area contributed by atoms with E-state index in [2.05, 4.69) is 9.46 Å². The van der Waals surface area contributed by atoms with Crippen LogP contribution >= 0.6 is 0 Å². The summed E-state index contributed by atoms with van der Waals surface area (Å²) in [7, 11) is -4.29. The molecule has 0 saturated heterocycles. The molecule has 3 rings (SSSR count). The number of fused-ring (bicyclic) bond motifs is 1. The Kier molecular flexibility index (Phi) is 5.82. The number of alkyl halides is 6. The van der Waals surface area contributed by atoms with E-state index in [0.717, 1.165) is 24.3 Å². The highest BCUT2D eigenvalue weighted by molar-refractivity contribution is 7.92. The number of rotatable bonds is 4. The monoisotopic (exact) mass is 468 g/mol. The van der Waals surface area contributed by atoms with Crippen molar-refractivity contribution < 1.29 is 44.3 Å². The van der Waals surface area contributed by atoms with E-state index in [0.29, 0.717) is 10.5 Å². The predicted octanol–water partition coefficient (Wildman–Crippen LogP) is 3.83. The van der Waals surface area contributed by atoms with Gasteiger partial charge in [-0.2, -0.15) is 13.2 Å². The van der Waals surface area contributed by atoms with Crippen molar-refractivity contribution in [2.45, 2.75) is 30.4 Å². The molecular formula is C18H14F6N2O4S. The Morgan fingerprint density at radius 3 is 2.35 bits per heavy atom. The van der Waals surface area contributed by atoms with Crippen LogP contribution in [0.3, 0.4) is 0 Å². The summed E-state index contributed by atoms with van der Waals surface area (Å²) in [6.07, 6.45) is -9.90. The molecule has 2 aromatic rings. The second-order valence-electron chi connectivity index (χ2n) is 6.59. The number of anilines is 1. The summed E-state index contributed by atoms with van der Waals surface area (Å²) < 4.78 is 106. The first kappa shape index (κ1) is 22.7. The largest absolute Gasteiger partial charge is 0.573 e. The van der Waals surface area contributed by atoms with Crippen molar-refractivity contribution >= 4 is 21.6 Å². The van der Waals surface area contributed by atoms with Crippen molar-refractivity contribution in [2.75, 3.05) is 11.3 Å². The molecule has 0 aliphatic carbocycles. The molecule has 2 aromatic carbocycles. The van der Waals surface area contributed by atoms with Crippen LogP contribution in [0.5, 0.6) is 5.75 Å². The second-order valence-corrected chi connectivity index (χ2v) is 8.27. The summed E-state index contributed by atoms with van der Waals surface area (Å²) in [5.74, 6) is -2.66. The van der Waals surface area contributed by atoms with E-state index < -0.39 is 40.8 Å². The van der Waals surface area contributed by atoms with Gasteiger partial charge in [0.15, 0.2) is 0 Å². The molecule has 0 fully saturated rings. The summed E-state index contributed by atoms with van der Waals surface area (Å²) in [4.78, 5) is 11.7. The molecule has 0 radical (unpaired) electrons. The Labute approximate surface area is 172 Å². The van der Waals surface area contributed by atoms with E-state index in [4.69, 9.17) is 0 Å². The number of carbonyl (C=O) groups is 1. The van der Waals surface area contributed by atoms with Crippen LogP contribution < -0.4 is 9.46 Å². The molecule has 1 N–H and O–H groups in total. The van der Waals surface area contributed by atoms with Gasteiger partial charge < -0.3 is 9.64 Å². The minimum atomic E-state index is -5.05. The smallest absolute Gasteiger partial charge is 0.406 e. The van der Waals surface area contributed by atoms with E-state index in [1.54, 1.807) is 0 Å². The molecule has 0 bridgehead atoms. The van der Waals surface area contributed by atoms with Crippen molar-refractivity contribution in [3.05, 3.63) is 53.6 Å². The normalized spacial score (nSPS) is 14.7. The molecular weight excluding hydrogens is 454 g/mol. The Morgan fingerprint density at radius 1 is 1.00 bits per heavy atom. The minimum Gasteiger partial charge on any atom is -0.406 e. The fourth-order valence-electron chi connectivity index (χ4n) is 3.02. The topological polar surface area (TPSA) is 75.7 Å². The number of nitrogens with zero attached hydrogens (tertiary/aromatic N) is 1. The molecule has 1 heterocycles. The van der Waals surface area contributed by atoms with Crippen molar-refractivity contribution in [1.29, 1.82) is 0 Å². The van der Waals surface area contributed by atoms with E-state index in [-0.39, 0.29) is 29.1 Å². The minimum absolute atomic E-state index is 0.113. The molecule has 0 spiro atoms. The SMILES string of the molecule is O=C(N1CCc2ccc(S(=O)(=O)Nc3cccc(OC(F)(F)F)c3)cc2C1)C(F)(F)F. The average Bonchev–Trinajstić information content (AvgIpc) is 2.64. The van der Waals surface area contributed by atoms with Crippen LogP contribution in [0, 0.1) is 0 Å². The molecule has 1 aliphatic rings. The van der Waals surface area contributed by atoms with Gasteiger partial charge in [0.05, 0.1) is 10.6 Å². The lowest BCUT2D eigenvalue weighted by Crippen LogP contribution is -2.43. The van der Waals surface area contributed by atoms with E-state index in [1.807, 2.05) is 0 Å². The number of hydrogen-bond acceptors (Lipinski definition) is 4. The number of halogens is 6. The maximum Gasteiger partial charge on any atom is 0.573 e. The van der Waals surface area contributed by atoms with Gasteiger partial charge in [0.1, 0.15) is 5.75 Å². The van der Waals surface area contributed by atoms with E-state index >= 15 is 0 Å². The third kappa shape index (κ3) is 5.60. The highest BCUT2D eigenvalue weighted by atomic mass is 32.2. The van der Waals surface area contributed by atoms with Gasteiger partial charge in [-0.15, -0.1) is 13.2 Å². The molecule has 168 valence electrons. The zero-order chi connectivity index (χ0) is 23.0. The molecule has 1 aliphatic heterocycles. The maximum atomic E-state index is 12.7. The zero-order valence-corrected chi connectivity index (χ0v) is 16.2.